The van der Waals surface area contributed by atoms with Gasteiger partial charge in [0.15, 0.2) is 0 Å². The molecule has 0 bridgehead atoms. The predicted octanol–water partition coefficient (Wildman–Crippen LogP) is 3.89. The third kappa shape index (κ3) is 2.56. The Bertz CT molecular complexity index is 885. The first-order valence-electron chi connectivity index (χ1n) is 6.28. The molecule has 0 spiro atoms. The highest BCUT2D eigenvalue weighted by Crippen LogP contribution is 2.38. The summed E-state index contributed by atoms with van der Waals surface area (Å²) in [6, 6.07) is 8.66. The van der Waals surface area contributed by atoms with Crippen molar-refractivity contribution in [2.24, 2.45) is 0 Å². The molecule has 0 unspecified atom stereocenters. The van der Waals surface area contributed by atoms with Crippen molar-refractivity contribution in [2.45, 2.75) is 6.42 Å². The summed E-state index contributed by atoms with van der Waals surface area (Å²) in [4.78, 5) is 0.329. The third-order valence-electron chi connectivity index (χ3n) is 3.30. The number of anilines is 1. The summed E-state index contributed by atoms with van der Waals surface area (Å²) < 4.78 is 27.7. The van der Waals surface area contributed by atoms with E-state index in [0.717, 1.165) is 0 Å². The van der Waals surface area contributed by atoms with Crippen molar-refractivity contribution in [3.05, 3.63) is 57.9 Å². The number of phenols is 1. The fourth-order valence-corrected chi connectivity index (χ4v) is 3.85. The fourth-order valence-electron chi connectivity index (χ4n) is 2.25. The summed E-state index contributed by atoms with van der Waals surface area (Å²) in [7, 11) is -3.59. The zero-order chi connectivity index (χ0) is 15.0. The van der Waals surface area contributed by atoms with Crippen LogP contribution in [0.15, 0.2) is 57.9 Å². The molecular formula is C15H12BrNO3S. The molecule has 3 rings (SSSR count). The Balaban J connectivity index is 2.11. The average molecular weight is 366 g/mol. The van der Waals surface area contributed by atoms with Crippen LogP contribution in [-0.4, -0.2) is 13.5 Å². The van der Waals surface area contributed by atoms with Gasteiger partial charge in [-0.25, -0.2) is 8.42 Å². The monoisotopic (exact) mass is 365 g/mol. The van der Waals surface area contributed by atoms with Crippen molar-refractivity contribution >= 4 is 42.4 Å². The van der Waals surface area contributed by atoms with E-state index < -0.39 is 10.0 Å². The lowest BCUT2D eigenvalue weighted by Gasteiger charge is -2.13. The summed E-state index contributed by atoms with van der Waals surface area (Å²) in [5, 5.41) is 11.3. The summed E-state index contributed by atoms with van der Waals surface area (Å²) in [6.07, 6.45) is 5.49. The molecule has 0 heterocycles. The van der Waals surface area contributed by atoms with Crippen molar-refractivity contribution in [2.75, 3.05) is 4.72 Å². The van der Waals surface area contributed by atoms with Crippen LogP contribution in [0.3, 0.4) is 0 Å². The molecule has 0 radical (unpaired) electrons. The van der Waals surface area contributed by atoms with Crippen molar-refractivity contribution in [3.8, 4) is 5.75 Å². The topological polar surface area (TPSA) is 66.4 Å². The van der Waals surface area contributed by atoms with Crippen LogP contribution in [0.1, 0.15) is 6.42 Å². The number of allylic oxidation sites excluding steroid dienone is 4. The van der Waals surface area contributed by atoms with Crippen LogP contribution in [-0.2, 0) is 10.0 Å². The number of rotatable bonds is 3. The van der Waals surface area contributed by atoms with Gasteiger partial charge in [-0.1, -0.05) is 36.4 Å². The van der Waals surface area contributed by atoms with Gasteiger partial charge in [0.25, 0.3) is 10.0 Å². The second-order valence-corrected chi connectivity index (χ2v) is 7.26. The maximum Gasteiger partial charge on any atom is 0.258 e. The number of halogens is 1. The molecule has 0 aromatic heterocycles. The largest absolute Gasteiger partial charge is 0.506 e. The molecule has 21 heavy (non-hydrogen) atoms. The van der Waals surface area contributed by atoms with Crippen LogP contribution < -0.4 is 4.72 Å². The van der Waals surface area contributed by atoms with Gasteiger partial charge in [0.1, 0.15) is 5.75 Å². The molecule has 6 heteroatoms. The molecule has 1 aliphatic rings. The van der Waals surface area contributed by atoms with Crippen LogP contribution in [0.2, 0.25) is 0 Å². The second-order valence-electron chi connectivity index (χ2n) is 4.67. The van der Waals surface area contributed by atoms with Gasteiger partial charge in [0, 0.05) is 17.2 Å². The molecule has 0 amide bonds. The molecule has 0 fully saturated rings. The molecule has 0 saturated heterocycles. The second kappa shape index (κ2) is 5.20. The molecule has 2 aromatic rings. The first kappa shape index (κ1) is 14.2. The van der Waals surface area contributed by atoms with Gasteiger partial charge in [0.2, 0.25) is 0 Å². The van der Waals surface area contributed by atoms with E-state index in [1.165, 1.54) is 0 Å². The van der Waals surface area contributed by atoms with E-state index in [0.29, 0.717) is 32.3 Å². The normalized spacial score (nSPS) is 14.4. The fraction of sp³-hybridized carbons (Fsp3) is 0.0667. The lowest BCUT2D eigenvalue weighted by molar-refractivity contribution is 0.478. The van der Waals surface area contributed by atoms with Crippen molar-refractivity contribution < 1.29 is 13.5 Å². The molecule has 0 atom stereocenters. The van der Waals surface area contributed by atoms with Gasteiger partial charge < -0.3 is 5.11 Å². The molecule has 2 aromatic carbocycles. The zero-order valence-electron chi connectivity index (χ0n) is 10.9. The van der Waals surface area contributed by atoms with Gasteiger partial charge in [0.05, 0.1) is 15.1 Å². The number of hydrogen-bond acceptors (Lipinski definition) is 3. The average Bonchev–Trinajstić information content (AvgIpc) is 2.99. The van der Waals surface area contributed by atoms with Crippen LogP contribution in [0.4, 0.5) is 5.69 Å². The van der Waals surface area contributed by atoms with Gasteiger partial charge in [-0.3, -0.25) is 4.72 Å². The quantitative estimate of drug-likeness (QED) is 0.810. The van der Waals surface area contributed by atoms with Crippen molar-refractivity contribution in [1.29, 1.82) is 0 Å². The molecular weight excluding hydrogens is 354 g/mol. The lowest BCUT2D eigenvalue weighted by Crippen LogP contribution is -2.14. The van der Waals surface area contributed by atoms with Gasteiger partial charge >= 0.3 is 0 Å². The Kier molecular flexibility index (Phi) is 3.51. The number of aromatic hydroxyl groups is 1. The van der Waals surface area contributed by atoms with Gasteiger partial charge in [-0.2, -0.15) is 0 Å². The number of phenolic OH excluding ortho intramolecular Hbond substituents is 1. The number of hydrogen-bond donors (Lipinski definition) is 2. The maximum atomic E-state index is 12.3. The Hall–Kier alpha value is -1.79. The molecule has 108 valence electrons. The summed E-state index contributed by atoms with van der Waals surface area (Å²) in [5.74, 6) is 0.0929. The Morgan fingerprint density at radius 2 is 1.90 bits per heavy atom. The van der Waals surface area contributed by atoms with Crippen LogP contribution in [0.25, 0.3) is 10.8 Å². The van der Waals surface area contributed by atoms with E-state index in [4.69, 9.17) is 0 Å². The first-order valence-corrected chi connectivity index (χ1v) is 8.55. The van der Waals surface area contributed by atoms with E-state index in [-0.39, 0.29) is 5.75 Å². The van der Waals surface area contributed by atoms with E-state index in [1.54, 1.807) is 48.6 Å². The number of fused-ring (bicyclic) bond motifs is 1. The van der Waals surface area contributed by atoms with Crippen LogP contribution >= 0.6 is 15.9 Å². The van der Waals surface area contributed by atoms with E-state index in [1.807, 2.05) is 0 Å². The molecule has 2 N–H and O–H groups in total. The van der Waals surface area contributed by atoms with Crippen molar-refractivity contribution in [1.82, 2.24) is 0 Å². The molecule has 0 saturated carbocycles. The minimum absolute atomic E-state index is 0.0929. The minimum atomic E-state index is -3.59. The third-order valence-corrected chi connectivity index (χ3v) is 5.38. The lowest BCUT2D eigenvalue weighted by atomic mass is 10.1. The summed E-state index contributed by atoms with van der Waals surface area (Å²) >= 11 is 3.25. The predicted molar refractivity (Wildman–Crippen MR) is 87.7 cm³/mol. The smallest absolute Gasteiger partial charge is 0.258 e. The highest BCUT2D eigenvalue weighted by atomic mass is 79.9. The first-order chi connectivity index (χ1) is 9.99. The van der Waals surface area contributed by atoms with Crippen LogP contribution in [0, 0.1) is 0 Å². The highest BCUT2D eigenvalue weighted by Gasteiger charge is 2.20. The SMILES string of the molecule is O=S(=O)(Nc1cc(Br)c(O)c2ccccc12)C1=CC=CC1. The van der Waals surface area contributed by atoms with E-state index in [2.05, 4.69) is 20.7 Å². The Morgan fingerprint density at radius 3 is 2.57 bits per heavy atom. The van der Waals surface area contributed by atoms with Crippen molar-refractivity contribution in [3.63, 3.8) is 0 Å². The molecule has 1 aliphatic carbocycles. The minimum Gasteiger partial charge on any atom is -0.506 e. The standard InChI is InChI=1S/C15H12BrNO3S/c16-13-9-14(11-7-3-4-8-12(11)15(13)18)17-21(19,20)10-5-1-2-6-10/h1-5,7-9,17-18H,6H2. The van der Waals surface area contributed by atoms with Gasteiger partial charge in [-0.15, -0.1) is 0 Å². The van der Waals surface area contributed by atoms with Crippen LogP contribution in [0.5, 0.6) is 5.75 Å². The molecule has 0 aliphatic heterocycles. The highest BCUT2D eigenvalue weighted by molar-refractivity contribution is 9.10. The summed E-state index contributed by atoms with van der Waals surface area (Å²) in [6.45, 7) is 0. The van der Waals surface area contributed by atoms with Gasteiger partial charge in [-0.05, 0) is 28.1 Å². The zero-order valence-corrected chi connectivity index (χ0v) is 13.3. The number of benzene rings is 2. The molecule has 4 nitrogen and oxygen atoms in total. The van der Waals surface area contributed by atoms with E-state index in [9.17, 15) is 13.5 Å². The van der Waals surface area contributed by atoms with E-state index >= 15 is 0 Å². The Labute approximate surface area is 131 Å². The maximum absolute atomic E-state index is 12.3. The number of sulfonamides is 1. The summed E-state index contributed by atoms with van der Waals surface area (Å²) in [5.41, 5.74) is 0.433. The number of nitrogens with one attached hydrogen (secondary N) is 1. The Morgan fingerprint density at radius 1 is 1.19 bits per heavy atom.